The van der Waals surface area contributed by atoms with Crippen molar-refractivity contribution < 1.29 is 13.7 Å². The lowest BCUT2D eigenvalue weighted by atomic mass is 10.2. The number of carbonyl (C=O) groups excluding carboxylic acids is 1. The van der Waals surface area contributed by atoms with Crippen molar-refractivity contribution in [1.29, 1.82) is 0 Å². The third kappa shape index (κ3) is 5.28. The van der Waals surface area contributed by atoms with Gasteiger partial charge in [0.15, 0.2) is 0 Å². The van der Waals surface area contributed by atoms with Crippen LogP contribution in [0.4, 0.5) is 0 Å². The van der Waals surface area contributed by atoms with E-state index in [2.05, 4.69) is 4.72 Å². The molecule has 15 heavy (non-hydrogen) atoms. The van der Waals surface area contributed by atoms with Gasteiger partial charge in [-0.15, -0.1) is 0 Å². The van der Waals surface area contributed by atoms with Gasteiger partial charge in [0.2, 0.25) is 0 Å². The van der Waals surface area contributed by atoms with Gasteiger partial charge < -0.3 is 4.74 Å². The number of carbonyl (C=O) groups is 1. The maximum absolute atomic E-state index is 11.7. The predicted molar refractivity (Wildman–Crippen MR) is 61.7 cm³/mol. The van der Waals surface area contributed by atoms with Crippen molar-refractivity contribution in [3.8, 4) is 0 Å². The van der Waals surface area contributed by atoms with Crippen LogP contribution < -0.4 is 4.72 Å². The molecule has 0 aromatic rings. The van der Waals surface area contributed by atoms with Crippen LogP contribution in [0, 0.1) is 0 Å². The zero-order chi connectivity index (χ0) is 12.1. The zero-order valence-corrected chi connectivity index (χ0v) is 10.9. The summed E-state index contributed by atoms with van der Waals surface area (Å²) >= 11 is 0. The molecule has 0 fully saturated rings. The normalized spacial score (nSPS) is 15.8. The molecule has 0 spiro atoms. The molecule has 5 heteroatoms. The van der Waals surface area contributed by atoms with Crippen molar-refractivity contribution in [2.45, 2.75) is 51.8 Å². The van der Waals surface area contributed by atoms with Crippen molar-refractivity contribution in [2.24, 2.45) is 0 Å². The van der Waals surface area contributed by atoms with Crippen LogP contribution in [0.3, 0.4) is 0 Å². The Hall–Kier alpha value is -0.420. The highest BCUT2D eigenvalue weighted by molar-refractivity contribution is 7.84. The van der Waals surface area contributed by atoms with E-state index in [1.807, 2.05) is 27.7 Å². The lowest BCUT2D eigenvalue weighted by Gasteiger charge is -2.22. The van der Waals surface area contributed by atoms with Crippen LogP contribution in [-0.2, 0) is 20.5 Å². The number of ether oxygens (including phenoxy) is 1. The minimum absolute atomic E-state index is 0.336. The molecule has 0 amide bonds. The zero-order valence-electron chi connectivity index (χ0n) is 10.1. The van der Waals surface area contributed by atoms with Crippen LogP contribution >= 0.6 is 0 Å². The molecule has 0 saturated heterocycles. The van der Waals surface area contributed by atoms with Gasteiger partial charge in [0.05, 0.1) is 22.3 Å². The molecule has 1 N–H and O–H groups in total. The summed E-state index contributed by atoms with van der Waals surface area (Å²) < 4.78 is 19.0. The summed E-state index contributed by atoms with van der Waals surface area (Å²) in [6.07, 6.45) is 0.570. The van der Waals surface area contributed by atoms with Gasteiger partial charge in [-0.05, 0) is 34.1 Å². The minimum Gasteiger partial charge on any atom is -0.465 e. The molecule has 0 unspecified atom stereocenters. The smallest absolute Gasteiger partial charge is 0.324 e. The SMILES string of the molecule is CCOC(=O)[C@@H](CC)N[S@](=O)C(C)(C)C. The maximum Gasteiger partial charge on any atom is 0.324 e. The molecular weight excluding hydrogens is 214 g/mol. The summed E-state index contributed by atoms with van der Waals surface area (Å²) in [5, 5.41) is 0. The molecule has 0 saturated carbocycles. The summed E-state index contributed by atoms with van der Waals surface area (Å²) in [6, 6.07) is -0.481. The fourth-order valence-electron chi connectivity index (χ4n) is 0.847. The van der Waals surface area contributed by atoms with Crippen LogP contribution in [0.1, 0.15) is 41.0 Å². The summed E-state index contributed by atoms with van der Waals surface area (Å²) in [4.78, 5) is 11.4. The lowest BCUT2D eigenvalue weighted by molar-refractivity contribution is -0.145. The molecule has 0 aromatic carbocycles. The Labute approximate surface area is 94.4 Å². The summed E-state index contributed by atoms with van der Waals surface area (Å²) in [5.74, 6) is -0.336. The maximum atomic E-state index is 11.7. The summed E-state index contributed by atoms with van der Waals surface area (Å²) in [5.41, 5.74) is 0. The van der Waals surface area contributed by atoms with Crippen molar-refractivity contribution in [3.05, 3.63) is 0 Å². The van der Waals surface area contributed by atoms with E-state index in [9.17, 15) is 9.00 Å². The van der Waals surface area contributed by atoms with Gasteiger partial charge in [-0.1, -0.05) is 6.92 Å². The molecule has 0 aliphatic heterocycles. The van der Waals surface area contributed by atoms with Gasteiger partial charge in [-0.3, -0.25) is 4.79 Å². The Kier molecular flexibility index (Phi) is 6.05. The first kappa shape index (κ1) is 14.6. The number of esters is 1. The van der Waals surface area contributed by atoms with Crippen LogP contribution in [-0.4, -0.2) is 27.6 Å². The molecule has 0 aliphatic rings. The second-order valence-electron chi connectivity index (χ2n) is 4.21. The van der Waals surface area contributed by atoms with E-state index in [4.69, 9.17) is 4.74 Å². The Bertz CT molecular complexity index is 235. The summed E-state index contributed by atoms with van der Waals surface area (Å²) in [6.45, 7) is 9.52. The lowest BCUT2D eigenvalue weighted by Crippen LogP contribution is -2.44. The molecule has 4 nitrogen and oxygen atoms in total. The van der Waals surface area contributed by atoms with E-state index < -0.39 is 17.0 Å². The van der Waals surface area contributed by atoms with E-state index in [1.54, 1.807) is 6.92 Å². The molecule has 90 valence electrons. The fraction of sp³-hybridized carbons (Fsp3) is 0.900. The fourth-order valence-corrected chi connectivity index (χ4v) is 1.72. The molecule has 0 aliphatic carbocycles. The largest absolute Gasteiger partial charge is 0.465 e. The highest BCUT2D eigenvalue weighted by Gasteiger charge is 2.26. The van der Waals surface area contributed by atoms with E-state index >= 15 is 0 Å². The second kappa shape index (κ2) is 6.23. The Morgan fingerprint density at radius 3 is 2.27 bits per heavy atom. The van der Waals surface area contributed by atoms with Crippen LogP contribution in [0.2, 0.25) is 0 Å². The van der Waals surface area contributed by atoms with Gasteiger partial charge in [0, 0.05) is 0 Å². The van der Waals surface area contributed by atoms with E-state index in [0.717, 1.165) is 0 Å². The number of hydrogen-bond donors (Lipinski definition) is 1. The quantitative estimate of drug-likeness (QED) is 0.732. The third-order valence-electron chi connectivity index (χ3n) is 1.78. The second-order valence-corrected chi connectivity index (χ2v) is 6.21. The average Bonchev–Trinajstić information content (AvgIpc) is 2.12. The van der Waals surface area contributed by atoms with E-state index in [-0.39, 0.29) is 10.7 Å². The minimum atomic E-state index is -1.24. The van der Waals surface area contributed by atoms with Crippen LogP contribution in [0.25, 0.3) is 0 Å². The van der Waals surface area contributed by atoms with E-state index in [1.165, 1.54) is 0 Å². The van der Waals surface area contributed by atoms with E-state index in [0.29, 0.717) is 13.0 Å². The third-order valence-corrected chi connectivity index (χ3v) is 3.40. The number of rotatable bonds is 5. The van der Waals surface area contributed by atoms with Crippen molar-refractivity contribution >= 4 is 17.0 Å². The standard InChI is InChI=1S/C10H21NO3S/c1-6-8(9(12)14-7-2)11-15(13)10(3,4)5/h8,11H,6-7H2,1-5H3/t8-,15-/m1/s1. The van der Waals surface area contributed by atoms with Gasteiger partial charge >= 0.3 is 5.97 Å². The molecule has 0 bridgehead atoms. The predicted octanol–water partition coefficient (Wildman–Crippen LogP) is 1.38. The first-order valence-corrected chi connectivity index (χ1v) is 6.32. The number of nitrogens with one attached hydrogen (secondary N) is 1. The Morgan fingerprint density at radius 2 is 1.93 bits per heavy atom. The molecule has 0 heterocycles. The van der Waals surface area contributed by atoms with Gasteiger partial charge in [0.25, 0.3) is 0 Å². The highest BCUT2D eigenvalue weighted by Crippen LogP contribution is 2.10. The average molecular weight is 235 g/mol. The first-order valence-electron chi connectivity index (χ1n) is 5.17. The Balaban J connectivity index is 4.34. The van der Waals surface area contributed by atoms with Crippen LogP contribution in [0.15, 0.2) is 0 Å². The molecule has 0 aromatic heterocycles. The molecular formula is C10H21NO3S. The molecule has 0 rings (SSSR count). The monoisotopic (exact) mass is 235 g/mol. The van der Waals surface area contributed by atoms with Crippen LogP contribution in [0.5, 0.6) is 0 Å². The molecule has 2 atom stereocenters. The Morgan fingerprint density at radius 1 is 1.40 bits per heavy atom. The van der Waals surface area contributed by atoms with Gasteiger partial charge in [-0.2, -0.15) is 0 Å². The van der Waals surface area contributed by atoms with Crippen molar-refractivity contribution in [1.82, 2.24) is 4.72 Å². The molecule has 0 radical (unpaired) electrons. The van der Waals surface area contributed by atoms with Crippen molar-refractivity contribution in [2.75, 3.05) is 6.61 Å². The number of hydrogen-bond acceptors (Lipinski definition) is 3. The highest BCUT2D eigenvalue weighted by atomic mass is 32.2. The first-order chi connectivity index (χ1) is 6.82. The summed E-state index contributed by atoms with van der Waals surface area (Å²) in [7, 11) is -1.24. The van der Waals surface area contributed by atoms with Gasteiger partial charge in [-0.25, -0.2) is 8.93 Å². The topological polar surface area (TPSA) is 55.4 Å². The van der Waals surface area contributed by atoms with Crippen molar-refractivity contribution in [3.63, 3.8) is 0 Å². The van der Waals surface area contributed by atoms with Gasteiger partial charge in [0.1, 0.15) is 6.04 Å².